The lowest BCUT2D eigenvalue weighted by molar-refractivity contribution is 0.0995. The molecule has 126 valence electrons. The Balaban J connectivity index is 1.65. The fraction of sp³-hybridized carbons (Fsp3) is 0.100. The van der Waals surface area contributed by atoms with Crippen LogP contribution in [0.1, 0.15) is 33.4 Å². The van der Waals surface area contributed by atoms with Crippen molar-refractivity contribution in [3.63, 3.8) is 0 Å². The van der Waals surface area contributed by atoms with Crippen molar-refractivity contribution in [1.82, 2.24) is 0 Å². The van der Waals surface area contributed by atoms with Crippen LogP contribution in [0, 0.1) is 0 Å². The normalized spacial score (nSPS) is 10.3. The molecule has 0 fully saturated rings. The average Bonchev–Trinajstić information content (AvgIpc) is 3.17. The van der Waals surface area contributed by atoms with Crippen molar-refractivity contribution in [1.29, 1.82) is 0 Å². The number of hydrogen-bond donors (Lipinski definition) is 2. The Hall–Kier alpha value is -3.34. The van der Waals surface area contributed by atoms with E-state index in [4.69, 9.17) is 4.42 Å². The van der Waals surface area contributed by atoms with Gasteiger partial charge >= 0.3 is 0 Å². The van der Waals surface area contributed by atoms with Gasteiger partial charge in [-0.2, -0.15) is 0 Å². The topological polar surface area (TPSA) is 71.3 Å². The van der Waals surface area contributed by atoms with Gasteiger partial charge in [-0.05, 0) is 60.5 Å². The van der Waals surface area contributed by atoms with Crippen LogP contribution in [0.3, 0.4) is 0 Å². The molecule has 0 aliphatic carbocycles. The second-order valence-electron chi connectivity index (χ2n) is 5.52. The molecule has 1 aromatic heterocycles. The van der Waals surface area contributed by atoms with Crippen LogP contribution in [0.5, 0.6) is 0 Å². The van der Waals surface area contributed by atoms with Crippen molar-refractivity contribution in [2.24, 2.45) is 0 Å². The molecule has 2 aromatic carbocycles. The average molecular weight is 334 g/mol. The molecule has 0 aliphatic rings. The number of benzene rings is 2. The highest BCUT2D eigenvalue weighted by Gasteiger charge is 2.10. The van der Waals surface area contributed by atoms with Crippen molar-refractivity contribution in [2.75, 3.05) is 10.6 Å². The Morgan fingerprint density at radius 1 is 0.880 bits per heavy atom. The maximum Gasteiger partial charge on any atom is 0.291 e. The lowest BCUT2D eigenvalue weighted by atomic mass is 10.1. The highest BCUT2D eigenvalue weighted by atomic mass is 16.3. The minimum absolute atomic E-state index is 0.197. The van der Waals surface area contributed by atoms with E-state index in [0.29, 0.717) is 11.3 Å². The third-order valence-corrected chi connectivity index (χ3v) is 3.74. The van der Waals surface area contributed by atoms with Crippen LogP contribution in [0.25, 0.3) is 0 Å². The predicted molar refractivity (Wildman–Crippen MR) is 96.9 cm³/mol. The van der Waals surface area contributed by atoms with Gasteiger partial charge in [0.25, 0.3) is 11.8 Å². The smallest absolute Gasteiger partial charge is 0.291 e. The molecular weight excluding hydrogens is 316 g/mol. The van der Waals surface area contributed by atoms with E-state index in [2.05, 4.69) is 17.6 Å². The molecule has 0 atom stereocenters. The SMILES string of the molecule is CCc1cccc(NC(=O)c2ccc(NC(=O)c3ccco3)cc2)c1. The standard InChI is InChI=1S/C20H18N2O3/c1-2-14-5-3-6-17(13-14)22-19(23)15-8-10-16(11-9-15)21-20(24)18-7-4-12-25-18/h3-13H,2H2,1H3,(H,21,24)(H,22,23). The molecule has 5 nitrogen and oxygen atoms in total. The molecule has 5 heteroatoms. The van der Waals surface area contributed by atoms with Crippen LogP contribution >= 0.6 is 0 Å². The molecular formula is C20H18N2O3. The first-order valence-corrected chi connectivity index (χ1v) is 8.01. The summed E-state index contributed by atoms with van der Waals surface area (Å²) in [5.41, 5.74) is 3.03. The van der Waals surface area contributed by atoms with Crippen molar-refractivity contribution in [3.05, 3.63) is 83.8 Å². The van der Waals surface area contributed by atoms with Gasteiger partial charge in [0.15, 0.2) is 5.76 Å². The third kappa shape index (κ3) is 4.14. The fourth-order valence-corrected chi connectivity index (χ4v) is 2.38. The van der Waals surface area contributed by atoms with Gasteiger partial charge in [-0.1, -0.05) is 19.1 Å². The Morgan fingerprint density at radius 3 is 2.32 bits per heavy atom. The van der Waals surface area contributed by atoms with Gasteiger partial charge in [0.2, 0.25) is 0 Å². The highest BCUT2D eigenvalue weighted by molar-refractivity contribution is 6.05. The van der Waals surface area contributed by atoms with Crippen molar-refractivity contribution in [3.8, 4) is 0 Å². The summed E-state index contributed by atoms with van der Waals surface area (Å²) >= 11 is 0. The largest absolute Gasteiger partial charge is 0.459 e. The van der Waals surface area contributed by atoms with E-state index in [0.717, 1.165) is 17.7 Å². The molecule has 0 radical (unpaired) electrons. The number of nitrogens with one attached hydrogen (secondary N) is 2. The second kappa shape index (κ2) is 7.49. The summed E-state index contributed by atoms with van der Waals surface area (Å²) in [6.07, 6.45) is 2.35. The summed E-state index contributed by atoms with van der Waals surface area (Å²) in [6, 6.07) is 17.7. The van der Waals surface area contributed by atoms with E-state index in [1.165, 1.54) is 6.26 Å². The molecule has 0 saturated carbocycles. The summed E-state index contributed by atoms with van der Waals surface area (Å²) in [4.78, 5) is 24.2. The zero-order chi connectivity index (χ0) is 17.6. The number of hydrogen-bond acceptors (Lipinski definition) is 3. The molecule has 1 heterocycles. The third-order valence-electron chi connectivity index (χ3n) is 3.74. The molecule has 3 aromatic rings. The molecule has 0 spiro atoms. The summed E-state index contributed by atoms with van der Waals surface area (Å²) in [5, 5.41) is 5.59. The Labute approximate surface area is 145 Å². The van der Waals surface area contributed by atoms with E-state index < -0.39 is 0 Å². The molecule has 0 saturated heterocycles. The lowest BCUT2D eigenvalue weighted by Crippen LogP contribution is -2.13. The molecule has 0 bridgehead atoms. The first-order valence-electron chi connectivity index (χ1n) is 8.01. The van der Waals surface area contributed by atoms with Gasteiger partial charge < -0.3 is 15.1 Å². The number of aryl methyl sites for hydroxylation is 1. The fourth-order valence-electron chi connectivity index (χ4n) is 2.38. The minimum Gasteiger partial charge on any atom is -0.459 e. The number of rotatable bonds is 5. The zero-order valence-electron chi connectivity index (χ0n) is 13.8. The van der Waals surface area contributed by atoms with E-state index in [-0.39, 0.29) is 17.6 Å². The number of amides is 2. The quantitative estimate of drug-likeness (QED) is 0.729. The van der Waals surface area contributed by atoms with Crippen LogP contribution < -0.4 is 10.6 Å². The van der Waals surface area contributed by atoms with Crippen LogP contribution in [0.2, 0.25) is 0 Å². The van der Waals surface area contributed by atoms with Crippen molar-refractivity contribution < 1.29 is 14.0 Å². The van der Waals surface area contributed by atoms with E-state index in [9.17, 15) is 9.59 Å². The molecule has 0 unspecified atom stereocenters. The summed E-state index contributed by atoms with van der Waals surface area (Å²) < 4.78 is 5.04. The van der Waals surface area contributed by atoms with Gasteiger partial charge in [0, 0.05) is 16.9 Å². The monoisotopic (exact) mass is 334 g/mol. The highest BCUT2D eigenvalue weighted by Crippen LogP contribution is 2.15. The molecule has 3 rings (SSSR count). The first kappa shape index (κ1) is 16.5. The zero-order valence-corrected chi connectivity index (χ0v) is 13.8. The molecule has 0 aliphatic heterocycles. The number of carbonyl (C=O) groups is 2. The number of furan rings is 1. The van der Waals surface area contributed by atoms with Gasteiger partial charge in [0.1, 0.15) is 0 Å². The van der Waals surface area contributed by atoms with Crippen LogP contribution in [-0.2, 0) is 6.42 Å². The Bertz CT molecular complexity index is 868. The summed E-state index contributed by atoms with van der Waals surface area (Å²) in [7, 11) is 0. The Morgan fingerprint density at radius 2 is 1.64 bits per heavy atom. The van der Waals surface area contributed by atoms with Crippen LogP contribution in [-0.4, -0.2) is 11.8 Å². The second-order valence-corrected chi connectivity index (χ2v) is 5.52. The van der Waals surface area contributed by atoms with Crippen molar-refractivity contribution in [2.45, 2.75) is 13.3 Å². The molecule has 2 N–H and O–H groups in total. The predicted octanol–water partition coefficient (Wildman–Crippen LogP) is 4.35. The maximum atomic E-state index is 12.3. The summed E-state index contributed by atoms with van der Waals surface area (Å²) in [6.45, 7) is 2.07. The van der Waals surface area contributed by atoms with Crippen molar-refractivity contribution >= 4 is 23.2 Å². The van der Waals surface area contributed by atoms with Gasteiger partial charge in [-0.25, -0.2) is 0 Å². The molecule has 25 heavy (non-hydrogen) atoms. The van der Waals surface area contributed by atoms with Crippen LogP contribution in [0.4, 0.5) is 11.4 Å². The minimum atomic E-state index is -0.335. The van der Waals surface area contributed by atoms with E-state index in [1.807, 2.05) is 24.3 Å². The molecule has 2 amide bonds. The first-order chi connectivity index (χ1) is 12.2. The van der Waals surface area contributed by atoms with Gasteiger partial charge in [-0.15, -0.1) is 0 Å². The summed E-state index contributed by atoms with van der Waals surface area (Å²) in [5.74, 6) is -0.298. The lowest BCUT2D eigenvalue weighted by Gasteiger charge is -2.08. The van der Waals surface area contributed by atoms with Gasteiger partial charge in [-0.3, -0.25) is 9.59 Å². The Kier molecular flexibility index (Phi) is 4.95. The van der Waals surface area contributed by atoms with Gasteiger partial charge in [0.05, 0.1) is 6.26 Å². The number of anilines is 2. The van der Waals surface area contributed by atoms with E-state index >= 15 is 0 Å². The van der Waals surface area contributed by atoms with Crippen LogP contribution in [0.15, 0.2) is 71.3 Å². The number of carbonyl (C=O) groups excluding carboxylic acids is 2. The van der Waals surface area contributed by atoms with E-state index in [1.54, 1.807) is 36.4 Å². The maximum absolute atomic E-state index is 12.3.